The van der Waals surface area contributed by atoms with Crippen molar-refractivity contribution in [1.29, 1.82) is 0 Å². The van der Waals surface area contributed by atoms with E-state index in [4.69, 9.17) is 23.2 Å². The summed E-state index contributed by atoms with van der Waals surface area (Å²) >= 11 is 11.0. The molecule has 0 atom stereocenters. The number of rotatable bonds is 3. The summed E-state index contributed by atoms with van der Waals surface area (Å²) in [7, 11) is 0. The fourth-order valence-corrected chi connectivity index (χ4v) is 2.50. The normalized spacial score (nSPS) is 12.5. The van der Waals surface area contributed by atoms with Crippen LogP contribution in [0.5, 0.6) is 0 Å². The molecule has 0 saturated heterocycles. The second-order valence-electron chi connectivity index (χ2n) is 5.34. The highest BCUT2D eigenvalue weighted by Crippen LogP contribution is 2.38. The van der Waals surface area contributed by atoms with Gasteiger partial charge in [0.25, 0.3) is 0 Å². The van der Waals surface area contributed by atoms with E-state index in [-0.39, 0.29) is 11.4 Å². The number of anilines is 1. The molecule has 0 aliphatic heterocycles. The predicted octanol–water partition coefficient (Wildman–Crippen LogP) is 7.08. The average molecular weight is 444 g/mol. The van der Waals surface area contributed by atoms with Gasteiger partial charge in [0.05, 0.1) is 32.5 Å². The van der Waals surface area contributed by atoms with Crippen LogP contribution in [0, 0.1) is 0 Å². The van der Waals surface area contributed by atoms with Gasteiger partial charge < -0.3 is 0 Å². The summed E-state index contributed by atoms with van der Waals surface area (Å²) in [5, 5.41) is 6.28. The molecule has 4 nitrogen and oxygen atoms in total. The van der Waals surface area contributed by atoms with Crippen molar-refractivity contribution in [1.82, 2.24) is 0 Å². The monoisotopic (exact) mass is 443 g/mol. The highest BCUT2D eigenvalue weighted by atomic mass is 35.5. The van der Waals surface area contributed by atoms with Gasteiger partial charge in [-0.25, -0.2) is 0 Å². The Hall–Kier alpha value is -2.33. The quantitative estimate of drug-likeness (QED) is 0.284. The predicted molar refractivity (Wildman–Crippen MR) is 90.6 cm³/mol. The second kappa shape index (κ2) is 7.96. The molecule has 28 heavy (non-hydrogen) atoms. The van der Waals surface area contributed by atoms with E-state index in [1.54, 1.807) is 0 Å². The Kier molecular flexibility index (Phi) is 6.24. The number of amides is 1. The number of carbonyl (C=O) groups is 1. The number of hydrogen-bond acceptors (Lipinski definition) is 3. The van der Waals surface area contributed by atoms with Crippen LogP contribution in [-0.4, -0.2) is 5.91 Å². The Morgan fingerprint density at radius 1 is 0.893 bits per heavy atom. The Labute approximate surface area is 164 Å². The lowest BCUT2D eigenvalue weighted by Gasteiger charge is -2.16. The Bertz CT molecular complexity index is 928. The van der Waals surface area contributed by atoms with Crippen LogP contribution >= 0.6 is 23.2 Å². The molecule has 2 rings (SSSR count). The Morgan fingerprint density at radius 3 is 1.89 bits per heavy atom. The van der Waals surface area contributed by atoms with Gasteiger partial charge in [-0.15, -0.1) is 5.11 Å². The summed E-state index contributed by atoms with van der Waals surface area (Å²) < 4.78 is 77.6. The molecule has 0 saturated carbocycles. The van der Waals surface area contributed by atoms with Crippen LogP contribution in [0.2, 0.25) is 10.0 Å². The summed E-state index contributed by atoms with van der Waals surface area (Å²) in [6.07, 6.45) is -9.54. The van der Waals surface area contributed by atoms with Gasteiger partial charge in [-0.1, -0.05) is 28.4 Å². The molecule has 1 amide bonds. The summed E-state index contributed by atoms with van der Waals surface area (Å²) in [6, 6.07) is 5.19. The molecule has 0 fully saturated rings. The lowest BCUT2D eigenvalue weighted by Crippen LogP contribution is -2.22. The smallest absolute Gasteiger partial charge is 0.273 e. The molecule has 0 radical (unpaired) electrons. The third-order valence-corrected chi connectivity index (χ3v) is 3.96. The van der Waals surface area contributed by atoms with Gasteiger partial charge in [-0.2, -0.15) is 31.4 Å². The zero-order valence-electron chi connectivity index (χ0n) is 13.7. The minimum atomic E-state index is -4.79. The zero-order valence-corrected chi connectivity index (χ0v) is 15.2. The van der Waals surface area contributed by atoms with Crippen LogP contribution in [0.1, 0.15) is 18.1 Å². The van der Waals surface area contributed by atoms with Crippen LogP contribution in [0.15, 0.2) is 46.7 Å². The molecule has 150 valence electrons. The van der Waals surface area contributed by atoms with Gasteiger partial charge in [-0.05, 0) is 36.4 Å². The molecular weight excluding hydrogens is 435 g/mol. The van der Waals surface area contributed by atoms with Crippen molar-refractivity contribution in [3.05, 3.63) is 57.6 Å². The highest BCUT2D eigenvalue weighted by Gasteiger charge is 2.34. The first-order chi connectivity index (χ1) is 12.8. The van der Waals surface area contributed by atoms with E-state index in [1.807, 2.05) is 0 Å². The van der Waals surface area contributed by atoms with Crippen molar-refractivity contribution >= 4 is 40.5 Å². The molecule has 0 unspecified atom stereocenters. The van der Waals surface area contributed by atoms with Gasteiger partial charge in [-0.3, -0.25) is 4.79 Å². The molecule has 12 heteroatoms. The van der Waals surface area contributed by atoms with E-state index >= 15 is 0 Å². The maximum absolute atomic E-state index is 13.0. The maximum Gasteiger partial charge on any atom is 0.417 e. The van der Waals surface area contributed by atoms with Crippen molar-refractivity contribution < 1.29 is 31.1 Å². The van der Waals surface area contributed by atoms with Gasteiger partial charge in [0.2, 0.25) is 5.91 Å². The summed E-state index contributed by atoms with van der Waals surface area (Å²) in [5.74, 6) is -0.829. The summed E-state index contributed by atoms with van der Waals surface area (Å²) in [6.45, 7) is 0.990. The first kappa shape index (κ1) is 22.0. The van der Waals surface area contributed by atoms with Crippen molar-refractivity contribution in [3.8, 4) is 0 Å². The molecule has 0 N–H and O–H groups in total. The van der Waals surface area contributed by atoms with Gasteiger partial charge >= 0.3 is 12.4 Å². The van der Waals surface area contributed by atoms with Gasteiger partial charge in [0.1, 0.15) is 0 Å². The minimum Gasteiger partial charge on any atom is -0.273 e. The van der Waals surface area contributed by atoms with E-state index in [0.29, 0.717) is 17.1 Å². The van der Waals surface area contributed by atoms with E-state index in [9.17, 15) is 31.1 Å². The van der Waals surface area contributed by atoms with Gasteiger partial charge in [0.15, 0.2) is 0 Å². The minimum absolute atomic E-state index is 0.312. The zero-order chi connectivity index (χ0) is 21.3. The standard InChI is InChI=1S/C16H9Cl2F6N3O/c1-8(28)27(10-3-5-14(18)12(7-10)16(22,23)24)26-25-9-2-4-13(17)11(6-9)15(19,20)21/h2-7H,1H3. The molecule has 0 bridgehead atoms. The molecule has 0 aliphatic rings. The number of nitrogens with zero attached hydrogens (tertiary/aromatic N) is 3. The second-order valence-corrected chi connectivity index (χ2v) is 6.16. The number of carbonyl (C=O) groups excluding carboxylic acids is 1. The fraction of sp³-hybridized carbons (Fsp3) is 0.188. The molecule has 0 heterocycles. The Morgan fingerprint density at radius 2 is 1.39 bits per heavy atom. The largest absolute Gasteiger partial charge is 0.417 e. The van der Waals surface area contributed by atoms with Crippen molar-refractivity contribution in [3.63, 3.8) is 0 Å². The molecule has 2 aromatic carbocycles. The van der Waals surface area contributed by atoms with Gasteiger partial charge in [0, 0.05) is 6.92 Å². The number of hydrogen-bond donors (Lipinski definition) is 0. The summed E-state index contributed by atoms with van der Waals surface area (Å²) in [5.41, 5.74) is -3.02. The molecule has 0 aliphatic carbocycles. The van der Waals surface area contributed by atoms with Crippen LogP contribution in [-0.2, 0) is 17.1 Å². The van der Waals surface area contributed by atoms with Crippen molar-refractivity contribution in [2.75, 3.05) is 5.01 Å². The molecule has 0 spiro atoms. The average Bonchev–Trinajstić information content (AvgIpc) is 2.55. The highest BCUT2D eigenvalue weighted by molar-refractivity contribution is 6.31. The van der Waals surface area contributed by atoms with E-state index < -0.39 is 39.4 Å². The van der Waals surface area contributed by atoms with Crippen molar-refractivity contribution in [2.24, 2.45) is 10.3 Å². The lowest BCUT2D eigenvalue weighted by atomic mass is 10.2. The van der Waals surface area contributed by atoms with E-state index in [2.05, 4.69) is 10.3 Å². The maximum atomic E-state index is 13.0. The molecule has 0 aromatic heterocycles. The van der Waals surface area contributed by atoms with E-state index in [1.165, 1.54) is 0 Å². The molecular formula is C16H9Cl2F6N3O. The third-order valence-electron chi connectivity index (χ3n) is 3.30. The SMILES string of the molecule is CC(=O)N(N=Nc1ccc(Cl)c(C(F)(F)F)c1)c1ccc(Cl)c(C(F)(F)F)c1. The van der Waals surface area contributed by atoms with Crippen LogP contribution in [0.4, 0.5) is 37.7 Å². The van der Waals surface area contributed by atoms with Crippen molar-refractivity contribution in [2.45, 2.75) is 19.3 Å². The third kappa shape index (κ3) is 5.14. The first-order valence-corrected chi connectivity index (χ1v) is 8.02. The summed E-state index contributed by atoms with van der Waals surface area (Å²) in [4.78, 5) is 11.7. The van der Waals surface area contributed by atoms with Crippen LogP contribution in [0.25, 0.3) is 0 Å². The Balaban J connectivity index is 2.44. The van der Waals surface area contributed by atoms with Crippen LogP contribution < -0.4 is 5.01 Å². The fourth-order valence-electron chi connectivity index (χ4n) is 2.05. The van der Waals surface area contributed by atoms with Crippen LogP contribution in [0.3, 0.4) is 0 Å². The first-order valence-electron chi connectivity index (χ1n) is 7.26. The topological polar surface area (TPSA) is 45.0 Å². The van der Waals surface area contributed by atoms with E-state index in [0.717, 1.165) is 31.2 Å². The lowest BCUT2D eigenvalue weighted by molar-refractivity contribution is -0.138. The number of alkyl halides is 6. The molecule has 2 aromatic rings. The number of halogens is 8. The number of benzene rings is 2.